The van der Waals surface area contributed by atoms with Gasteiger partial charge >= 0.3 is 0 Å². The van der Waals surface area contributed by atoms with Gasteiger partial charge in [0, 0.05) is 24.4 Å². The molecule has 0 aliphatic heterocycles. The molecule has 0 aliphatic rings. The van der Waals surface area contributed by atoms with E-state index in [9.17, 15) is 10.1 Å². The lowest BCUT2D eigenvalue weighted by Crippen LogP contribution is -2.03. The Morgan fingerprint density at radius 1 is 0.893 bits per heavy atom. The normalized spacial score (nSPS) is 10.3. The molecule has 0 aliphatic carbocycles. The molecule has 0 spiro atoms. The molecule has 0 amide bonds. The molecule has 0 saturated carbocycles. The van der Waals surface area contributed by atoms with Crippen molar-refractivity contribution in [3.63, 3.8) is 0 Å². The van der Waals surface area contributed by atoms with Gasteiger partial charge in [-0.2, -0.15) is 0 Å². The highest BCUT2D eigenvalue weighted by atomic mass is 16.6. The van der Waals surface area contributed by atoms with Gasteiger partial charge < -0.3 is 14.8 Å². The summed E-state index contributed by atoms with van der Waals surface area (Å²) in [5, 5.41) is 14.1. The predicted molar refractivity (Wildman–Crippen MR) is 109 cm³/mol. The lowest BCUT2D eigenvalue weighted by atomic mass is 10.2. The molecule has 144 valence electrons. The van der Waals surface area contributed by atoms with Gasteiger partial charge in [-0.3, -0.25) is 10.1 Å². The molecule has 1 N–H and O–H groups in total. The minimum absolute atomic E-state index is 0.0599. The molecule has 0 bridgehead atoms. The Hall–Kier alpha value is -3.54. The summed E-state index contributed by atoms with van der Waals surface area (Å²) in [6.45, 7) is 3.44. The summed E-state index contributed by atoms with van der Waals surface area (Å²) in [6, 6.07) is 22.2. The van der Waals surface area contributed by atoms with Gasteiger partial charge in [-0.1, -0.05) is 42.5 Å². The zero-order valence-corrected chi connectivity index (χ0v) is 15.6. The van der Waals surface area contributed by atoms with E-state index >= 15 is 0 Å². The van der Waals surface area contributed by atoms with Crippen molar-refractivity contribution in [1.82, 2.24) is 0 Å². The van der Waals surface area contributed by atoms with Gasteiger partial charge in [0.2, 0.25) is 0 Å². The van der Waals surface area contributed by atoms with E-state index in [1.165, 1.54) is 12.1 Å². The maximum absolute atomic E-state index is 10.9. The van der Waals surface area contributed by atoms with Gasteiger partial charge in [0.05, 0.1) is 11.5 Å². The first-order valence-corrected chi connectivity index (χ1v) is 9.06. The quantitative estimate of drug-likeness (QED) is 0.410. The van der Waals surface area contributed by atoms with Crippen LogP contribution in [0.3, 0.4) is 0 Å². The molecule has 6 heteroatoms. The summed E-state index contributed by atoms with van der Waals surface area (Å²) >= 11 is 0. The molecule has 0 saturated heterocycles. The highest BCUT2D eigenvalue weighted by molar-refractivity contribution is 5.52. The van der Waals surface area contributed by atoms with Crippen molar-refractivity contribution >= 4 is 11.4 Å². The second kappa shape index (κ2) is 9.41. The minimum Gasteiger partial charge on any atom is -0.490 e. The average molecular weight is 378 g/mol. The van der Waals surface area contributed by atoms with E-state index in [-0.39, 0.29) is 5.69 Å². The van der Waals surface area contributed by atoms with Crippen LogP contribution in [0.5, 0.6) is 11.5 Å². The summed E-state index contributed by atoms with van der Waals surface area (Å²) in [6.07, 6.45) is 0. The van der Waals surface area contributed by atoms with Crippen LogP contribution in [0, 0.1) is 10.1 Å². The molecule has 3 rings (SSSR count). The maximum atomic E-state index is 10.9. The van der Waals surface area contributed by atoms with Crippen molar-refractivity contribution < 1.29 is 14.4 Å². The first-order valence-electron chi connectivity index (χ1n) is 9.06. The molecule has 0 heterocycles. The van der Waals surface area contributed by atoms with Gasteiger partial charge in [0.25, 0.3) is 5.69 Å². The monoisotopic (exact) mass is 378 g/mol. The van der Waals surface area contributed by atoms with Gasteiger partial charge in [-0.15, -0.1) is 0 Å². The number of hydrogen-bond donors (Lipinski definition) is 1. The molecule has 0 unspecified atom stereocenters. The predicted octanol–water partition coefficient (Wildman–Crippen LogP) is 5.18. The number of hydrogen-bond acceptors (Lipinski definition) is 5. The Morgan fingerprint density at radius 2 is 1.71 bits per heavy atom. The lowest BCUT2D eigenvalue weighted by Gasteiger charge is -2.14. The van der Waals surface area contributed by atoms with Crippen LogP contribution in [0.1, 0.15) is 18.1 Å². The number of nitrogens with zero attached hydrogens (tertiary/aromatic N) is 1. The van der Waals surface area contributed by atoms with Crippen molar-refractivity contribution in [2.45, 2.75) is 20.1 Å². The van der Waals surface area contributed by atoms with Crippen LogP contribution in [0.2, 0.25) is 0 Å². The first-order chi connectivity index (χ1) is 13.7. The van der Waals surface area contributed by atoms with Gasteiger partial charge in [0.15, 0.2) is 11.5 Å². The summed E-state index contributed by atoms with van der Waals surface area (Å²) in [5.74, 6) is 1.36. The Kier molecular flexibility index (Phi) is 6.46. The third-order valence-electron chi connectivity index (χ3n) is 4.10. The number of nitro groups is 1. The molecule has 6 nitrogen and oxygen atoms in total. The van der Waals surface area contributed by atoms with Crippen LogP contribution in [0.25, 0.3) is 0 Å². The van der Waals surface area contributed by atoms with E-state index < -0.39 is 4.92 Å². The number of rotatable bonds is 9. The summed E-state index contributed by atoms with van der Waals surface area (Å²) < 4.78 is 11.6. The number of nitro benzene ring substituents is 1. The Bertz CT molecular complexity index is 929. The third kappa shape index (κ3) is 5.23. The fourth-order valence-electron chi connectivity index (χ4n) is 2.72. The van der Waals surface area contributed by atoms with Crippen molar-refractivity contribution in [3.05, 3.63) is 94.0 Å². The molecule has 3 aromatic rings. The Labute approximate surface area is 163 Å². The van der Waals surface area contributed by atoms with Crippen LogP contribution < -0.4 is 14.8 Å². The lowest BCUT2D eigenvalue weighted by molar-refractivity contribution is -0.384. The summed E-state index contributed by atoms with van der Waals surface area (Å²) in [5.41, 5.74) is 2.82. The minimum atomic E-state index is -0.406. The first kappa shape index (κ1) is 19.2. The van der Waals surface area contributed by atoms with Crippen LogP contribution in [-0.2, 0) is 13.2 Å². The maximum Gasteiger partial charge on any atom is 0.271 e. The summed E-state index contributed by atoms with van der Waals surface area (Å²) in [7, 11) is 0. The van der Waals surface area contributed by atoms with E-state index in [1.807, 2.05) is 55.5 Å². The van der Waals surface area contributed by atoms with Crippen molar-refractivity contribution in [1.29, 1.82) is 0 Å². The molecular weight excluding hydrogens is 356 g/mol. The SMILES string of the molecule is CCOc1cc(CNc2cccc([N+](=O)[O-])c2)ccc1OCc1ccccc1. The number of benzene rings is 3. The highest BCUT2D eigenvalue weighted by Gasteiger charge is 2.09. The topological polar surface area (TPSA) is 73.6 Å². The van der Waals surface area contributed by atoms with E-state index in [1.54, 1.807) is 12.1 Å². The molecule has 0 radical (unpaired) electrons. The molecule has 0 atom stereocenters. The van der Waals surface area contributed by atoms with E-state index in [4.69, 9.17) is 9.47 Å². The Morgan fingerprint density at radius 3 is 2.46 bits per heavy atom. The molecule has 28 heavy (non-hydrogen) atoms. The smallest absolute Gasteiger partial charge is 0.271 e. The van der Waals surface area contributed by atoms with Crippen molar-refractivity contribution in [2.24, 2.45) is 0 Å². The number of non-ortho nitro benzene ring substituents is 1. The number of ether oxygens (including phenoxy) is 2. The summed E-state index contributed by atoms with van der Waals surface area (Å²) in [4.78, 5) is 10.5. The standard InChI is InChI=1S/C22H22N2O4/c1-2-27-22-13-18(15-23-19-9-6-10-20(14-19)24(25)26)11-12-21(22)28-16-17-7-4-3-5-8-17/h3-14,23H,2,15-16H2,1H3. The molecule has 0 fully saturated rings. The van der Waals surface area contributed by atoms with Crippen molar-refractivity contribution in [3.8, 4) is 11.5 Å². The molecule has 3 aromatic carbocycles. The van der Waals surface area contributed by atoms with Gasteiger partial charge in [0.1, 0.15) is 6.61 Å². The van der Waals surface area contributed by atoms with Crippen LogP contribution in [0.15, 0.2) is 72.8 Å². The van der Waals surface area contributed by atoms with Crippen LogP contribution in [0.4, 0.5) is 11.4 Å². The number of anilines is 1. The largest absolute Gasteiger partial charge is 0.490 e. The zero-order valence-electron chi connectivity index (χ0n) is 15.6. The second-order valence-corrected chi connectivity index (χ2v) is 6.15. The number of nitrogens with one attached hydrogen (secondary N) is 1. The zero-order chi connectivity index (χ0) is 19.8. The second-order valence-electron chi connectivity index (χ2n) is 6.15. The molecule has 0 aromatic heterocycles. The molecular formula is C22H22N2O4. The van der Waals surface area contributed by atoms with E-state index in [2.05, 4.69) is 5.32 Å². The van der Waals surface area contributed by atoms with Crippen LogP contribution in [-0.4, -0.2) is 11.5 Å². The van der Waals surface area contributed by atoms with E-state index in [0.717, 1.165) is 11.1 Å². The highest BCUT2D eigenvalue weighted by Crippen LogP contribution is 2.30. The van der Waals surface area contributed by atoms with E-state index in [0.29, 0.717) is 36.9 Å². The average Bonchev–Trinajstić information content (AvgIpc) is 2.73. The Balaban J connectivity index is 1.68. The van der Waals surface area contributed by atoms with Crippen molar-refractivity contribution in [2.75, 3.05) is 11.9 Å². The third-order valence-corrected chi connectivity index (χ3v) is 4.10. The fourth-order valence-corrected chi connectivity index (χ4v) is 2.72. The van der Waals surface area contributed by atoms with Crippen LogP contribution >= 0.6 is 0 Å². The van der Waals surface area contributed by atoms with Gasteiger partial charge in [-0.25, -0.2) is 0 Å². The van der Waals surface area contributed by atoms with Gasteiger partial charge in [-0.05, 0) is 36.2 Å². The fraction of sp³-hybridized carbons (Fsp3) is 0.182.